The van der Waals surface area contributed by atoms with E-state index in [9.17, 15) is 9.59 Å². The number of likely N-dealkylation sites (N-methyl/N-ethyl adjacent to an activating group) is 1. The second kappa shape index (κ2) is 7.40. The Balaban J connectivity index is 3.54. The van der Waals surface area contributed by atoms with Gasteiger partial charge in [-0.1, -0.05) is 20.8 Å². The number of rotatable bonds is 7. The molecule has 0 saturated carbocycles. The SMILES string of the molecule is CCC(=O)N(C)CCOCC(=O)C(C)C. The first-order valence-corrected chi connectivity index (χ1v) is 5.33. The fraction of sp³-hybridized carbons (Fsp3) is 0.818. The van der Waals surface area contributed by atoms with Crippen molar-refractivity contribution >= 4 is 11.7 Å². The molecule has 0 N–H and O–H groups in total. The lowest BCUT2D eigenvalue weighted by Gasteiger charge is -2.16. The van der Waals surface area contributed by atoms with Crippen LogP contribution in [-0.2, 0) is 14.3 Å². The van der Waals surface area contributed by atoms with Crippen LogP contribution in [0.3, 0.4) is 0 Å². The topological polar surface area (TPSA) is 46.6 Å². The third-order valence-corrected chi connectivity index (χ3v) is 2.19. The Morgan fingerprint density at radius 1 is 1.33 bits per heavy atom. The number of ether oxygens (including phenoxy) is 1. The summed E-state index contributed by atoms with van der Waals surface area (Å²) in [5, 5.41) is 0. The number of hydrogen-bond acceptors (Lipinski definition) is 3. The molecule has 0 atom stereocenters. The summed E-state index contributed by atoms with van der Waals surface area (Å²) in [6.45, 7) is 6.61. The lowest BCUT2D eigenvalue weighted by Crippen LogP contribution is -2.30. The molecule has 4 nitrogen and oxygen atoms in total. The number of ketones is 1. The minimum Gasteiger partial charge on any atom is -0.372 e. The average molecular weight is 215 g/mol. The van der Waals surface area contributed by atoms with Crippen molar-refractivity contribution in [3.63, 3.8) is 0 Å². The van der Waals surface area contributed by atoms with Crippen molar-refractivity contribution in [2.45, 2.75) is 27.2 Å². The molecule has 4 heteroatoms. The van der Waals surface area contributed by atoms with Crippen molar-refractivity contribution in [2.24, 2.45) is 5.92 Å². The van der Waals surface area contributed by atoms with Crippen molar-refractivity contribution in [2.75, 3.05) is 26.8 Å². The van der Waals surface area contributed by atoms with Crippen LogP contribution >= 0.6 is 0 Å². The molecule has 0 heterocycles. The van der Waals surface area contributed by atoms with Crippen molar-refractivity contribution in [3.05, 3.63) is 0 Å². The molecule has 0 spiro atoms. The van der Waals surface area contributed by atoms with E-state index < -0.39 is 0 Å². The summed E-state index contributed by atoms with van der Waals surface area (Å²) >= 11 is 0. The van der Waals surface area contributed by atoms with Crippen LogP contribution < -0.4 is 0 Å². The first-order valence-electron chi connectivity index (χ1n) is 5.33. The maximum Gasteiger partial charge on any atom is 0.222 e. The molecule has 0 fully saturated rings. The molecule has 0 radical (unpaired) electrons. The maximum atomic E-state index is 11.2. The summed E-state index contributed by atoms with van der Waals surface area (Å²) in [6.07, 6.45) is 0.501. The number of carbonyl (C=O) groups excluding carboxylic acids is 2. The predicted molar refractivity (Wildman–Crippen MR) is 58.6 cm³/mol. The number of hydrogen-bond donors (Lipinski definition) is 0. The monoisotopic (exact) mass is 215 g/mol. The van der Waals surface area contributed by atoms with E-state index in [-0.39, 0.29) is 24.2 Å². The molecule has 0 aliphatic rings. The van der Waals surface area contributed by atoms with Gasteiger partial charge >= 0.3 is 0 Å². The van der Waals surface area contributed by atoms with Crippen LogP contribution in [0.15, 0.2) is 0 Å². The zero-order valence-corrected chi connectivity index (χ0v) is 10.1. The fourth-order valence-corrected chi connectivity index (χ4v) is 0.936. The fourth-order valence-electron chi connectivity index (χ4n) is 0.936. The Labute approximate surface area is 91.6 Å². The highest BCUT2D eigenvalue weighted by Gasteiger charge is 2.08. The lowest BCUT2D eigenvalue weighted by atomic mass is 10.1. The Bertz CT molecular complexity index is 214. The first-order chi connectivity index (χ1) is 6.99. The van der Waals surface area contributed by atoms with E-state index in [0.29, 0.717) is 19.6 Å². The van der Waals surface area contributed by atoms with Crippen LogP contribution in [0.5, 0.6) is 0 Å². The normalized spacial score (nSPS) is 10.5. The summed E-state index contributed by atoms with van der Waals surface area (Å²) in [5.74, 6) is 0.202. The predicted octanol–water partition coefficient (Wildman–Crippen LogP) is 1.10. The highest BCUT2D eigenvalue weighted by atomic mass is 16.5. The quantitative estimate of drug-likeness (QED) is 0.597. The van der Waals surface area contributed by atoms with Gasteiger partial charge in [0.15, 0.2) is 5.78 Å². The summed E-state index contributed by atoms with van der Waals surface area (Å²) in [6, 6.07) is 0. The van der Waals surface area contributed by atoms with Crippen LogP contribution in [0.25, 0.3) is 0 Å². The lowest BCUT2D eigenvalue weighted by molar-refractivity contribution is -0.130. The molecule has 0 unspecified atom stereocenters. The zero-order valence-electron chi connectivity index (χ0n) is 10.1. The van der Waals surface area contributed by atoms with Crippen LogP contribution in [0.1, 0.15) is 27.2 Å². The van der Waals surface area contributed by atoms with E-state index in [0.717, 1.165) is 0 Å². The highest BCUT2D eigenvalue weighted by Crippen LogP contribution is 1.95. The number of amides is 1. The molecule has 1 amide bonds. The number of Topliss-reactive ketones (excluding diaryl/α,β-unsaturated/α-hetero) is 1. The van der Waals surface area contributed by atoms with E-state index >= 15 is 0 Å². The molecule has 0 aromatic carbocycles. The summed E-state index contributed by atoms with van der Waals surface area (Å²) in [4.78, 5) is 23.9. The van der Waals surface area contributed by atoms with Gasteiger partial charge in [0.05, 0.1) is 6.61 Å². The van der Waals surface area contributed by atoms with E-state index in [4.69, 9.17) is 4.74 Å². The Hall–Kier alpha value is -0.900. The van der Waals surface area contributed by atoms with Crippen LogP contribution in [0.4, 0.5) is 0 Å². The van der Waals surface area contributed by atoms with Crippen LogP contribution in [0.2, 0.25) is 0 Å². The molecule has 0 saturated heterocycles. The first kappa shape index (κ1) is 14.1. The summed E-state index contributed by atoms with van der Waals surface area (Å²) < 4.78 is 5.18. The largest absolute Gasteiger partial charge is 0.372 e. The van der Waals surface area contributed by atoms with Gasteiger partial charge in [-0.25, -0.2) is 0 Å². The minimum absolute atomic E-state index is 0.0139. The Morgan fingerprint density at radius 2 is 1.93 bits per heavy atom. The van der Waals surface area contributed by atoms with E-state index in [1.54, 1.807) is 11.9 Å². The van der Waals surface area contributed by atoms with Gasteiger partial charge in [0.2, 0.25) is 5.91 Å². The average Bonchev–Trinajstić information content (AvgIpc) is 2.22. The van der Waals surface area contributed by atoms with Crippen molar-refractivity contribution in [1.82, 2.24) is 4.90 Å². The van der Waals surface area contributed by atoms with Crippen molar-refractivity contribution < 1.29 is 14.3 Å². The standard InChI is InChI=1S/C11H21NO3/c1-5-11(14)12(4)6-7-15-8-10(13)9(2)3/h9H,5-8H2,1-4H3. The van der Waals surface area contributed by atoms with Crippen molar-refractivity contribution in [1.29, 1.82) is 0 Å². The van der Waals surface area contributed by atoms with Gasteiger partial charge < -0.3 is 9.64 Å². The number of nitrogens with zero attached hydrogens (tertiary/aromatic N) is 1. The molecular weight excluding hydrogens is 194 g/mol. The molecular formula is C11H21NO3. The smallest absolute Gasteiger partial charge is 0.222 e. The van der Waals surface area contributed by atoms with Gasteiger partial charge in [0.1, 0.15) is 6.61 Å². The second-order valence-electron chi connectivity index (χ2n) is 3.84. The van der Waals surface area contributed by atoms with Gasteiger partial charge in [0, 0.05) is 25.9 Å². The van der Waals surface area contributed by atoms with E-state index in [2.05, 4.69) is 0 Å². The highest BCUT2D eigenvalue weighted by molar-refractivity contribution is 5.81. The Morgan fingerprint density at radius 3 is 2.40 bits per heavy atom. The minimum atomic E-state index is 0.0139. The van der Waals surface area contributed by atoms with Gasteiger partial charge in [-0.2, -0.15) is 0 Å². The second-order valence-corrected chi connectivity index (χ2v) is 3.84. The van der Waals surface area contributed by atoms with Gasteiger partial charge in [0.25, 0.3) is 0 Å². The van der Waals surface area contributed by atoms with Crippen LogP contribution in [0, 0.1) is 5.92 Å². The van der Waals surface area contributed by atoms with Crippen LogP contribution in [-0.4, -0.2) is 43.4 Å². The Kier molecular flexibility index (Phi) is 6.96. The molecule has 0 bridgehead atoms. The molecule has 0 aliphatic carbocycles. The van der Waals surface area contributed by atoms with Gasteiger partial charge in [-0.3, -0.25) is 9.59 Å². The van der Waals surface area contributed by atoms with Crippen molar-refractivity contribution in [3.8, 4) is 0 Å². The molecule has 15 heavy (non-hydrogen) atoms. The van der Waals surface area contributed by atoms with Gasteiger partial charge in [-0.15, -0.1) is 0 Å². The maximum absolute atomic E-state index is 11.2. The third-order valence-electron chi connectivity index (χ3n) is 2.19. The van der Waals surface area contributed by atoms with E-state index in [1.165, 1.54) is 0 Å². The molecule has 0 aromatic rings. The van der Waals surface area contributed by atoms with E-state index in [1.807, 2.05) is 20.8 Å². The molecule has 0 rings (SSSR count). The molecule has 88 valence electrons. The summed E-state index contributed by atoms with van der Waals surface area (Å²) in [7, 11) is 1.74. The zero-order chi connectivity index (χ0) is 11.8. The van der Waals surface area contributed by atoms with Gasteiger partial charge in [-0.05, 0) is 0 Å². The third kappa shape index (κ3) is 6.23. The number of carbonyl (C=O) groups is 2. The molecule has 0 aromatic heterocycles. The molecule has 0 aliphatic heterocycles. The summed E-state index contributed by atoms with van der Waals surface area (Å²) in [5.41, 5.74) is 0.